The third-order valence-corrected chi connectivity index (χ3v) is 2.75. The predicted molar refractivity (Wildman–Crippen MR) is 49.7 cm³/mol. The molecule has 2 aromatic rings. The maximum Gasteiger partial charge on any atom is 0.256 e. The summed E-state index contributed by atoms with van der Waals surface area (Å²) in [5.41, 5.74) is -0.0425. The quantitative estimate of drug-likeness (QED) is 0.601. The maximum atomic E-state index is 11.1. The summed E-state index contributed by atoms with van der Waals surface area (Å²) in [7, 11) is 0. The summed E-state index contributed by atoms with van der Waals surface area (Å²) in [4.78, 5) is 13.7. The van der Waals surface area contributed by atoms with E-state index in [4.69, 9.17) is 0 Å². The number of thiol groups is 1. The van der Waals surface area contributed by atoms with E-state index in [1.807, 2.05) is 6.07 Å². The molecule has 2 aromatic heterocycles. The lowest BCUT2D eigenvalue weighted by Gasteiger charge is -1.83. The van der Waals surface area contributed by atoms with E-state index in [2.05, 4.69) is 17.6 Å². The average Bonchev–Trinajstić information content (AvgIpc) is 2.31. The minimum absolute atomic E-state index is 0.0425. The minimum Gasteiger partial charge on any atom is -0.329 e. The van der Waals surface area contributed by atoms with Crippen LogP contribution in [0.15, 0.2) is 27.3 Å². The number of H-pyrrole nitrogens is 1. The number of fused-ring (bicyclic) bond motifs is 1. The summed E-state index contributed by atoms with van der Waals surface area (Å²) < 4.78 is 1.86. The molecule has 0 unspecified atom stereocenters. The van der Waals surface area contributed by atoms with E-state index in [0.717, 1.165) is 14.3 Å². The Morgan fingerprint density at radius 1 is 1.55 bits per heavy atom. The lowest BCUT2D eigenvalue weighted by molar-refractivity contribution is 1.28. The highest BCUT2D eigenvalue weighted by atomic mass is 32.2. The van der Waals surface area contributed by atoms with Crippen LogP contribution in [-0.2, 0) is 0 Å². The second-order valence-corrected chi connectivity index (χ2v) is 4.04. The summed E-state index contributed by atoms with van der Waals surface area (Å²) >= 11 is 5.67. The van der Waals surface area contributed by atoms with E-state index in [9.17, 15) is 4.79 Å². The zero-order chi connectivity index (χ0) is 7.84. The molecule has 2 nitrogen and oxygen atoms in total. The zero-order valence-electron chi connectivity index (χ0n) is 5.50. The van der Waals surface area contributed by atoms with Gasteiger partial charge in [-0.3, -0.25) is 4.79 Å². The standard InChI is InChI=1S/C7H5NOS2/c9-7-4-3-6(10)11-5(4)1-2-8-7/h1-3,10H,(H,8,9). The Labute approximate surface area is 72.3 Å². The molecular weight excluding hydrogens is 178 g/mol. The smallest absolute Gasteiger partial charge is 0.256 e. The van der Waals surface area contributed by atoms with Crippen LogP contribution in [0.2, 0.25) is 0 Å². The van der Waals surface area contributed by atoms with Crippen LogP contribution < -0.4 is 5.56 Å². The lowest BCUT2D eigenvalue weighted by atomic mass is 10.3. The van der Waals surface area contributed by atoms with Crippen molar-refractivity contribution < 1.29 is 0 Å². The number of aromatic amines is 1. The number of aromatic nitrogens is 1. The molecule has 0 aliphatic carbocycles. The lowest BCUT2D eigenvalue weighted by Crippen LogP contribution is -2.01. The number of hydrogen-bond acceptors (Lipinski definition) is 3. The summed E-state index contributed by atoms with van der Waals surface area (Å²) in [6.45, 7) is 0. The largest absolute Gasteiger partial charge is 0.329 e. The molecule has 0 aliphatic heterocycles. The Hall–Kier alpha value is -0.740. The number of nitrogens with one attached hydrogen (secondary N) is 1. The Bertz CT molecular complexity index is 443. The highest BCUT2D eigenvalue weighted by molar-refractivity contribution is 7.83. The topological polar surface area (TPSA) is 32.9 Å². The van der Waals surface area contributed by atoms with Gasteiger partial charge >= 0.3 is 0 Å². The first-order chi connectivity index (χ1) is 5.27. The van der Waals surface area contributed by atoms with Crippen molar-refractivity contribution in [2.75, 3.05) is 0 Å². The van der Waals surface area contributed by atoms with Gasteiger partial charge in [0.15, 0.2) is 0 Å². The van der Waals surface area contributed by atoms with Crippen LogP contribution >= 0.6 is 24.0 Å². The summed E-state index contributed by atoms with van der Waals surface area (Å²) in [5, 5.41) is 0.725. The van der Waals surface area contributed by atoms with Gasteiger partial charge in [-0.05, 0) is 12.1 Å². The van der Waals surface area contributed by atoms with Gasteiger partial charge in [-0.1, -0.05) is 0 Å². The molecule has 0 spiro atoms. The van der Waals surface area contributed by atoms with Crippen LogP contribution in [0.25, 0.3) is 10.1 Å². The minimum atomic E-state index is -0.0425. The van der Waals surface area contributed by atoms with Gasteiger partial charge in [-0.2, -0.15) is 0 Å². The van der Waals surface area contributed by atoms with Crippen LogP contribution in [0.1, 0.15) is 0 Å². The zero-order valence-corrected chi connectivity index (χ0v) is 7.21. The molecule has 0 aromatic carbocycles. The second kappa shape index (κ2) is 2.39. The Balaban J connectivity index is 3.02. The van der Waals surface area contributed by atoms with Gasteiger partial charge in [-0.25, -0.2) is 0 Å². The van der Waals surface area contributed by atoms with Crippen molar-refractivity contribution in [2.45, 2.75) is 4.21 Å². The first kappa shape index (κ1) is 6.94. The van der Waals surface area contributed by atoms with E-state index < -0.39 is 0 Å². The maximum absolute atomic E-state index is 11.1. The molecule has 4 heteroatoms. The number of hydrogen-bond donors (Lipinski definition) is 2. The summed E-state index contributed by atoms with van der Waals surface area (Å²) in [6.07, 6.45) is 1.65. The van der Waals surface area contributed by atoms with Crippen molar-refractivity contribution in [3.8, 4) is 0 Å². The fourth-order valence-corrected chi connectivity index (χ4v) is 2.19. The van der Waals surface area contributed by atoms with Crippen molar-refractivity contribution in [1.82, 2.24) is 4.98 Å². The molecule has 0 radical (unpaired) electrons. The van der Waals surface area contributed by atoms with Crippen molar-refractivity contribution in [3.63, 3.8) is 0 Å². The fourth-order valence-electron chi connectivity index (χ4n) is 0.964. The Kier molecular flexibility index (Phi) is 1.51. The summed E-state index contributed by atoms with van der Waals surface area (Å²) in [6, 6.07) is 3.66. The van der Waals surface area contributed by atoms with Gasteiger partial charge in [-0.15, -0.1) is 24.0 Å². The third-order valence-electron chi connectivity index (χ3n) is 1.44. The molecule has 0 fully saturated rings. The molecular formula is C7H5NOS2. The molecule has 0 saturated heterocycles. The van der Waals surface area contributed by atoms with Crippen molar-refractivity contribution >= 4 is 34.1 Å². The first-order valence-corrected chi connectivity index (χ1v) is 4.34. The highest BCUT2D eigenvalue weighted by Crippen LogP contribution is 2.24. The van der Waals surface area contributed by atoms with Gasteiger partial charge < -0.3 is 4.98 Å². The van der Waals surface area contributed by atoms with Crippen LogP contribution in [0, 0.1) is 0 Å². The van der Waals surface area contributed by atoms with Crippen LogP contribution in [0.5, 0.6) is 0 Å². The normalized spacial score (nSPS) is 10.6. The number of rotatable bonds is 0. The molecule has 0 aliphatic rings. The molecule has 2 heterocycles. The van der Waals surface area contributed by atoms with Crippen molar-refractivity contribution in [1.29, 1.82) is 0 Å². The SMILES string of the molecule is O=c1[nH]ccc2sc(S)cc12. The highest BCUT2D eigenvalue weighted by Gasteiger charge is 2.00. The monoisotopic (exact) mass is 183 g/mol. The van der Waals surface area contributed by atoms with Crippen LogP contribution in [-0.4, -0.2) is 4.98 Å². The van der Waals surface area contributed by atoms with Gasteiger partial charge in [0.1, 0.15) is 0 Å². The van der Waals surface area contributed by atoms with E-state index in [1.165, 1.54) is 11.3 Å². The predicted octanol–water partition coefficient (Wildman–Crippen LogP) is 1.88. The second-order valence-electron chi connectivity index (χ2n) is 2.17. The first-order valence-electron chi connectivity index (χ1n) is 3.07. The van der Waals surface area contributed by atoms with E-state index in [0.29, 0.717) is 0 Å². The number of thiophene rings is 1. The average molecular weight is 183 g/mol. The van der Waals surface area contributed by atoms with E-state index in [1.54, 1.807) is 12.3 Å². The molecule has 56 valence electrons. The van der Waals surface area contributed by atoms with Crippen molar-refractivity contribution in [3.05, 3.63) is 28.7 Å². The van der Waals surface area contributed by atoms with Gasteiger partial charge in [0.05, 0.1) is 9.60 Å². The van der Waals surface area contributed by atoms with Crippen molar-refractivity contribution in [2.24, 2.45) is 0 Å². The molecule has 0 bridgehead atoms. The summed E-state index contributed by atoms with van der Waals surface area (Å²) in [5.74, 6) is 0. The Morgan fingerprint density at radius 2 is 2.36 bits per heavy atom. The van der Waals surface area contributed by atoms with Gasteiger partial charge in [0, 0.05) is 10.9 Å². The molecule has 11 heavy (non-hydrogen) atoms. The van der Waals surface area contributed by atoms with E-state index in [-0.39, 0.29) is 5.56 Å². The van der Waals surface area contributed by atoms with Crippen LogP contribution in [0.4, 0.5) is 0 Å². The van der Waals surface area contributed by atoms with Crippen LogP contribution in [0.3, 0.4) is 0 Å². The molecule has 2 rings (SSSR count). The Morgan fingerprint density at radius 3 is 3.09 bits per heavy atom. The third kappa shape index (κ3) is 1.08. The van der Waals surface area contributed by atoms with Gasteiger partial charge in [0.25, 0.3) is 5.56 Å². The molecule has 0 atom stereocenters. The molecule has 1 N–H and O–H groups in total. The molecule has 0 saturated carbocycles. The fraction of sp³-hybridized carbons (Fsp3) is 0. The number of pyridine rings is 1. The van der Waals surface area contributed by atoms with E-state index >= 15 is 0 Å². The molecule has 0 amide bonds. The van der Waals surface area contributed by atoms with Gasteiger partial charge in [0.2, 0.25) is 0 Å².